The van der Waals surface area contributed by atoms with Crippen LogP contribution in [-0.2, 0) is 4.74 Å². The van der Waals surface area contributed by atoms with Crippen LogP contribution in [0.15, 0.2) is 0 Å². The van der Waals surface area contributed by atoms with Gasteiger partial charge in [0.05, 0.1) is 5.60 Å². The van der Waals surface area contributed by atoms with Gasteiger partial charge >= 0.3 is 0 Å². The van der Waals surface area contributed by atoms with Gasteiger partial charge in [0, 0.05) is 6.61 Å². The molecule has 1 aliphatic heterocycles. The third-order valence-electron chi connectivity index (χ3n) is 6.56. The fourth-order valence-electron chi connectivity index (χ4n) is 5.25. The summed E-state index contributed by atoms with van der Waals surface area (Å²) in [5, 5.41) is 0. The van der Waals surface area contributed by atoms with Crippen LogP contribution >= 0.6 is 0 Å². The predicted octanol–water partition coefficient (Wildman–Crippen LogP) is 4.13. The van der Waals surface area contributed by atoms with Crippen LogP contribution in [0, 0.1) is 23.7 Å². The minimum absolute atomic E-state index is 0.305. The molecule has 2 aliphatic carbocycles. The predicted molar refractivity (Wildman–Crippen MR) is 83.5 cm³/mol. The average molecular weight is 279 g/mol. The van der Waals surface area contributed by atoms with E-state index in [1.165, 1.54) is 64.2 Å². The maximum absolute atomic E-state index is 6.13. The monoisotopic (exact) mass is 279 g/mol. The van der Waals surface area contributed by atoms with E-state index in [9.17, 15) is 0 Å². The number of hydrogen-bond donors (Lipinski definition) is 1. The molecule has 0 aromatic heterocycles. The van der Waals surface area contributed by atoms with Crippen molar-refractivity contribution in [2.75, 3.05) is 13.2 Å². The largest absolute Gasteiger partial charge is 0.375 e. The molecule has 1 spiro atoms. The SMILES string of the molecule is CCCC1CCC(CN)C(C2CCOC3(CCC3)C2)C1. The summed E-state index contributed by atoms with van der Waals surface area (Å²) >= 11 is 0. The van der Waals surface area contributed by atoms with Crippen molar-refractivity contribution in [2.45, 2.75) is 76.7 Å². The maximum atomic E-state index is 6.13. The molecule has 1 heterocycles. The fourth-order valence-corrected chi connectivity index (χ4v) is 5.25. The van der Waals surface area contributed by atoms with Gasteiger partial charge < -0.3 is 10.5 Å². The molecule has 1 saturated heterocycles. The third-order valence-corrected chi connectivity index (χ3v) is 6.56. The Balaban J connectivity index is 1.65. The molecule has 116 valence electrons. The zero-order chi connectivity index (χ0) is 14.0. The molecular formula is C18H33NO. The normalized spacial score (nSPS) is 40.5. The summed E-state index contributed by atoms with van der Waals surface area (Å²) in [6.45, 7) is 4.26. The minimum Gasteiger partial charge on any atom is -0.375 e. The van der Waals surface area contributed by atoms with Crippen LogP contribution < -0.4 is 5.73 Å². The summed E-state index contributed by atoms with van der Waals surface area (Å²) in [4.78, 5) is 0. The van der Waals surface area contributed by atoms with Gasteiger partial charge in [-0.15, -0.1) is 0 Å². The van der Waals surface area contributed by atoms with E-state index in [1.807, 2.05) is 0 Å². The van der Waals surface area contributed by atoms with Crippen LogP contribution in [0.3, 0.4) is 0 Å². The number of ether oxygens (including phenoxy) is 1. The number of rotatable bonds is 4. The van der Waals surface area contributed by atoms with Crippen LogP contribution in [0.1, 0.15) is 71.1 Å². The highest BCUT2D eigenvalue weighted by atomic mass is 16.5. The van der Waals surface area contributed by atoms with Crippen molar-refractivity contribution in [3.63, 3.8) is 0 Å². The van der Waals surface area contributed by atoms with E-state index in [0.29, 0.717) is 5.60 Å². The molecule has 0 amide bonds. The second-order valence-corrected chi connectivity index (χ2v) is 7.77. The van der Waals surface area contributed by atoms with E-state index >= 15 is 0 Å². The maximum Gasteiger partial charge on any atom is 0.0685 e. The Morgan fingerprint density at radius 2 is 2.05 bits per heavy atom. The van der Waals surface area contributed by atoms with Crippen molar-refractivity contribution in [1.29, 1.82) is 0 Å². The highest BCUT2D eigenvalue weighted by Gasteiger charge is 2.46. The lowest BCUT2D eigenvalue weighted by Gasteiger charge is -2.51. The Bertz CT molecular complexity index is 313. The van der Waals surface area contributed by atoms with Gasteiger partial charge in [0.15, 0.2) is 0 Å². The van der Waals surface area contributed by atoms with Crippen molar-refractivity contribution in [2.24, 2.45) is 29.4 Å². The van der Waals surface area contributed by atoms with Crippen molar-refractivity contribution in [3.8, 4) is 0 Å². The van der Waals surface area contributed by atoms with E-state index in [4.69, 9.17) is 10.5 Å². The summed E-state index contributed by atoms with van der Waals surface area (Å²) in [5.41, 5.74) is 6.41. The third kappa shape index (κ3) is 2.92. The first kappa shape index (κ1) is 14.8. The minimum atomic E-state index is 0.305. The quantitative estimate of drug-likeness (QED) is 0.840. The molecule has 3 fully saturated rings. The van der Waals surface area contributed by atoms with Crippen LogP contribution in [0.4, 0.5) is 0 Å². The summed E-state index contributed by atoms with van der Waals surface area (Å²) in [5.74, 6) is 3.57. The van der Waals surface area contributed by atoms with Gasteiger partial charge in [0.1, 0.15) is 0 Å². The lowest BCUT2D eigenvalue weighted by atomic mass is 9.62. The van der Waals surface area contributed by atoms with Crippen LogP contribution in [0.2, 0.25) is 0 Å². The van der Waals surface area contributed by atoms with Crippen molar-refractivity contribution < 1.29 is 4.74 Å². The first-order valence-electron chi connectivity index (χ1n) is 9.10. The first-order valence-corrected chi connectivity index (χ1v) is 9.10. The molecular weight excluding hydrogens is 246 g/mol. The molecule has 20 heavy (non-hydrogen) atoms. The van der Waals surface area contributed by atoms with Crippen LogP contribution in [0.5, 0.6) is 0 Å². The zero-order valence-electron chi connectivity index (χ0n) is 13.3. The van der Waals surface area contributed by atoms with Gasteiger partial charge in [-0.1, -0.05) is 26.2 Å². The summed E-state index contributed by atoms with van der Waals surface area (Å²) in [6, 6.07) is 0. The van der Waals surface area contributed by atoms with Gasteiger partial charge in [0.2, 0.25) is 0 Å². The van der Waals surface area contributed by atoms with Crippen molar-refractivity contribution in [3.05, 3.63) is 0 Å². The Morgan fingerprint density at radius 3 is 2.70 bits per heavy atom. The van der Waals surface area contributed by atoms with Crippen LogP contribution in [0.25, 0.3) is 0 Å². The van der Waals surface area contributed by atoms with Gasteiger partial charge in [-0.2, -0.15) is 0 Å². The molecule has 2 N–H and O–H groups in total. The molecule has 0 aromatic carbocycles. The highest BCUT2D eigenvalue weighted by Crippen LogP contribution is 2.50. The first-order chi connectivity index (χ1) is 9.76. The van der Waals surface area contributed by atoms with E-state index in [0.717, 1.165) is 36.8 Å². The van der Waals surface area contributed by atoms with Gasteiger partial charge in [-0.3, -0.25) is 0 Å². The molecule has 4 atom stereocenters. The van der Waals surface area contributed by atoms with Gasteiger partial charge in [-0.05, 0) is 75.2 Å². The number of hydrogen-bond acceptors (Lipinski definition) is 2. The van der Waals surface area contributed by atoms with Crippen LogP contribution in [-0.4, -0.2) is 18.8 Å². The van der Waals surface area contributed by atoms with E-state index < -0.39 is 0 Å². The van der Waals surface area contributed by atoms with Gasteiger partial charge in [0.25, 0.3) is 0 Å². The second kappa shape index (κ2) is 6.36. The second-order valence-electron chi connectivity index (χ2n) is 7.77. The lowest BCUT2D eigenvalue weighted by molar-refractivity contribution is -0.155. The topological polar surface area (TPSA) is 35.2 Å². The zero-order valence-corrected chi connectivity index (χ0v) is 13.3. The van der Waals surface area contributed by atoms with Crippen molar-refractivity contribution in [1.82, 2.24) is 0 Å². The molecule has 0 aromatic rings. The van der Waals surface area contributed by atoms with Crippen molar-refractivity contribution >= 4 is 0 Å². The Hall–Kier alpha value is -0.0800. The van der Waals surface area contributed by atoms with E-state index in [2.05, 4.69) is 6.92 Å². The Kier molecular flexibility index (Phi) is 4.72. The fraction of sp³-hybridized carbons (Fsp3) is 1.00. The molecule has 4 unspecified atom stereocenters. The Labute approximate surface area is 124 Å². The lowest BCUT2D eigenvalue weighted by Crippen LogP contribution is -2.48. The Morgan fingerprint density at radius 1 is 1.20 bits per heavy atom. The molecule has 2 heteroatoms. The summed E-state index contributed by atoms with van der Waals surface area (Å²) in [6.07, 6.45) is 13.7. The smallest absolute Gasteiger partial charge is 0.0685 e. The molecule has 3 aliphatic rings. The van der Waals surface area contributed by atoms with E-state index in [1.54, 1.807) is 0 Å². The molecule has 0 radical (unpaired) electrons. The molecule has 2 nitrogen and oxygen atoms in total. The van der Waals surface area contributed by atoms with Gasteiger partial charge in [-0.25, -0.2) is 0 Å². The highest BCUT2D eigenvalue weighted by molar-refractivity contribution is 4.97. The molecule has 2 saturated carbocycles. The van der Waals surface area contributed by atoms with E-state index in [-0.39, 0.29) is 0 Å². The molecule has 0 bridgehead atoms. The molecule has 3 rings (SSSR count). The summed E-state index contributed by atoms with van der Waals surface area (Å²) in [7, 11) is 0. The average Bonchev–Trinajstić information content (AvgIpc) is 2.46. The summed E-state index contributed by atoms with van der Waals surface area (Å²) < 4.78 is 6.13. The number of nitrogens with two attached hydrogens (primary N) is 1. The standard InChI is InChI=1S/C18H33NO/c1-2-4-14-5-6-16(13-19)17(11-14)15-7-10-20-18(12-15)8-3-9-18/h14-17H,2-13,19H2,1H3.